The van der Waals surface area contributed by atoms with E-state index >= 15 is 0 Å². The van der Waals surface area contributed by atoms with Crippen molar-refractivity contribution in [1.82, 2.24) is 5.32 Å². The molecule has 20 heavy (non-hydrogen) atoms. The number of carbonyl (C=O) groups excluding carboxylic acids is 1. The molecule has 0 aliphatic carbocycles. The molecule has 0 unspecified atom stereocenters. The van der Waals surface area contributed by atoms with Crippen LogP contribution in [0.5, 0.6) is 0 Å². The van der Waals surface area contributed by atoms with E-state index in [2.05, 4.69) is 0 Å². The Morgan fingerprint density at radius 2 is 1.30 bits per heavy atom. The smallest absolute Gasteiger partial charge is 0.258 e. The van der Waals surface area contributed by atoms with E-state index in [4.69, 9.17) is 10.2 Å². The van der Waals surface area contributed by atoms with Gasteiger partial charge in [-0.2, -0.15) is 0 Å². The Labute approximate surface area is 109 Å². The van der Waals surface area contributed by atoms with Crippen molar-refractivity contribution in [3.05, 3.63) is 34.6 Å². The summed E-state index contributed by atoms with van der Waals surface area (Å²) >= 11 is 0. The molecule has 9 heteroatoms. The number of rotatable bonds is 4. The maximum atomic E-state index is 13.3. The van der Waals surface area contributed by atoms with Gasteiger partial charge in [0.25, 0.3) is 5.91 Å². The lowest BCUT2D eigenvalue weighted by atomic mass is 10.0. The number of nitrogens with one attached hydrogen (secondary N) is 1. The van der Waals surface area contributed by atoms with Crippen LogP contribution in [-0.4, -0.2) is 34.9 Å². The highest BCUT2D eigenvalue weighted by molar-refractivity contribution is 5.95. The molecule has 0 fully saturated rings. The fraction of sp³-hybridized carbons (Fsp3) is 0.364. The van der Waals surface area contributed by atoms with Gasteiger partial charge in [0.1, 0.15) is 5.56 Å². The predicted octanol–water partition coefficient (Wildman–Crippen LogP) is 0.855. The summed E-state index contributed by atoms with van der Waals surface area (Å²) in [7, 11) is 0. The molecule has 0 heterocycles. The molecule has 112 valence electrons. The minimum atomic E-state index is -2.39. The van der Waals surface area contributed by atoms with E-state index in [1.54, 1.807) is 5.32 Å². The Kier molecular flexibility index (Phi) is 4.66. The third-order valence-electron chi connectivity index (χ3n) is 2.55. The number of hydrogen-bond donors (Lipinski definition) is 3. The van der Waals surface area contributed by atoms with E-state index in [0.717, 1.165) is 6.92 Å². The molecule has 0 spiro atoms. The van der Waals surface area contributed by atoms with Gasteiger partial charge in [0.2, 0.25) is 5.82 Å². The number of amides is 1. The van der Waals surface area contributed by atoms with Crippen LogP contribution in [0.2, 0.25) is 0 Å². The van der Waals surface area contributed by atoms with Crippen molar-refractivity contribution in [3.8, 4) is 0 Å². The number of aliphatic hydroxyl groups is 2. The van der Waals surface area contributed by atoms with E-state index in [0.29, 0.717) is 0 Å². The Morgan fingerprint density at radius 3 is 1.65 bits per heavy atom. The lowest BCUT2D eigenvalue weighted by Gasteiger charge is -2.26. The number of carbonyl (C=O) groups is 1. The highest BCUT2D eigenvalue weighted by Crippen LogP contribution is 2.23. The summed E-state index contributed by atoms with van der Waals surface area (Å²) in [5.41, 5.74) is -3.37. The van der Waals surface area contributed by atoms with Crippen LogP contribution in [0.1, 0.15) is 17.3 Å². The largest absolute Gasteiger partial charge is 0.394 e. The van der Waals surface area contributed by atoms with Crippen molar-refractivity contribution in [3.63, 3.8) is 0 Å². The van der Waals surface area contributed by atoms with E-state index < -0.39 is 59.3 Å². The third kappa shape index (κ3) is 2.73. The first-order valence-electron chi connectivity index (χ1n) is 5.24. The molecule has 4 nitrogen and oxygen atoms in total. The van der Waals surface area contributed by atoms with Gasteiger partial charge in [-0.25, -0.2) is 22.0 Å². The van der Waals surface area contributed by atoms with Crippen LogP contribution in [0, 0.1) is 29.1 Å². The van der Waals surface area contributed by atoms with Gasteiger partial charge in [-0.15, -0.1) is 0 Å². The first-order valence-corrected chi connectivity index (χ1v) is 5.24. The molecule has 0 radical (unpaired) electrons. The minimum absolute atomic E-state index is 0.815. The second-order valence-corrected chi connectivity index (χ2v) is 4.28. The van der Waals surface area contributed by atoms with E-state index in [1.165, 1.54) is 0 Å². The molecule has 0 aliphatic rings. The van der Waals surface area contributed by atoms with Crippen molar-refractivity contribution in [2.45, 2.75) is 12.5 Å². The zero-order valence-corrected chi connectivity index (χ0v) is 10.1. The fourth-order valence-corrected chi connectivity index (χ4v) is 1.27. The lowest BCUT2D eigenvalue weighted by molar-refractivity contribution is 0.0714. The van der Waals surface area contributed by atoms with Crippen molar-refractivity contribution in [1.29, 1.82) is 0 Å². The van der Waals surface area contributed by atoms with E-state index in [1.807, 2.05) is 0 Å². The van der Waals surface area contributed by atoms with Crippen molar-refractivity contribution >= 4 is 5.91 Å². The summed E-state index contributed by atoms with van der Waals surface area (Å²) in [6.45, 7) is -0.522. The molecule has 0 atom stereocenters. The predicted molar refractivity (Wildman–Crippen MR) is 56.3 cm³/mol. The number of hydrogen-bond acceptors (Lipinski definition) is 3. The Morgan fingerprint density at radius 1 is 0.950 bits per heavy atom. The van der Waals surface area contributed by atoms with E-state index in [-0.39, 0.29) is 0 Å². The average Bonchev–Trinajstić information content (AvgIpc) is 2.43. The number of aliphatic hydroxyl groups excluding tert-OH is 2. The van der Waals surface area contributed by atoms with Gasteiger partial charge in [-0.3, -0.25) is 4.79 Å². The second-order valence-electron chi connectivity index (χ2n) is 4.28. The molecular weight excluding hydrogens is 289 g/mol. The first kappa shape index (κ1) is 16.3. The van der Waals surface area contributed by atoms with Crippen LogP contribution in [-0.2, 0) is 0 Å². The molecule has 0 saturated heterocycles. The second kappa shape index (κ2) is 5.71. The average molecular weight is 299 g/mol. The Balaban J connectivity index is 3.31. The molecule has 1 aromatic rings. The maximum Gasteiger partial charge on any atom is 0.258 e. The van der Waals surface area contributed by atoms with Crippen molar-refractivity contribution in [2.75, 3.05) is 13.2 Å². The van der Waals surface area contributed by atoms with Gasteiger partial charge in [-0.05, 0) is 6.92 Å². The highest BCUT2D eigenvalue weighted by atomic mass is 19.2. The molecule has 0 aromatic heterocycles. The lowest BCUT2D eigenvalue weighted by Crippen LogP contribution is -2.52. The first-order chi connectivity index (χ1) is 9.18. The van der Waals surface area contributed by atoms with Gasteiger partial charge in [0, 0.05) is 0 Å². The molecule has 1 aromatic carbocycles. The standard InChI is InChI=1S/C11H10F5NO3/c1-11(2-18,3-19)17-10(20)4-5(12)7(14)9(16)8(15)6(4)13/h18-19H,2-3H2,1H3,(H,17,20). The van der Waals surface area contributed by atoms with E-state index in [9.17, 15) is 26.7 Å². The summed E-state index contributed by atoms with van der Waals surface area (Å²) in [5.74, 6) is -13.1. The Bertz CT molecular complexity index is 516. The minimum Gasteiger partial charge on any atom is -0.394 e. The summed E-state index contributed by atoms with van der Waals surface area (Å²) in [6.07, 6.45) is 0. The van der Waals surface area contributed by atoms with Gasteiger partial charge < -0.3 is 15.5 Å². The van der Waals surface area contributed by atoms with Crippen LogP contribution < -0.4 is 5.32 Å². The van der Waals surface area contributed by atoms with Gasteiger partial charge >= 0.3 is 0 Å². The summed E-state index contributed by atoms with van der Waals surface area (Å²) in [4.78, 5) is 11.6. The molecular formula is C11H10F5NO3. The van der Waals surface area contributed by atoms with Crippen molar-refractivity contribution in [2.24, 2.45) is 0 Å². The van der Waals surface area contributed by atoms with Crippen molar-refractivity contribution < 1.29 is 37.0 Å². The number of benzene rings is 1. The molecule has 0 bridgehead atoms. The maximum absolute atomic E-state index is 13.3. The third-order valence-corrected chi connectivity index (χ3v) is 2.55. The SMILES string of the molecule is CC(CO)(CO)NC(=O)c1c(F)c(F)c(F)c(F)c1F. The topological polar surface area (TPSA) is 69.6 Å². The van der Waals surface area contributed by atoms with Crippen LogP contribution in [0.25, 0.3) is 0 Å². The summed E-state index contributed by atoms with van der Waals surface area (Å²) in [6, 6.07) is 0. The van der Waals surface area contributed by atoms with Gasteiger partial charge in [0.15, 0.2) is 23.3 Å². The van der Waals surface area contributed by atoms with Gasteiger partial charge in [0.05, 0.1) is 18.8 Å². The quantitative estimate of drug-likeness (QED) is 0.439. The van der Waals surface area contributed by atoms with Crippen LogP contribution >= 0.6 is 0 Å². The molecule has 3 N–H and O–H groups in total. The fourth-order valence-electron chi connectivity index (χ4n) is 1.27. The molecule has 1 amide bonds. The van der Waals surface area contributed by atoms with Crippen LogP contribution in [0.4, 0.5) is 22.0 Å². The summed E-state index contributed by atoms with van der Waals surface area (Å²) < 4.78 is 65.3. The highest BCUT2D eigenvalue weighted by Gasteiger charge is 2.33. The summed E-state index contributed by atoms with van der Waals surface area (Å²) in [5, 5.41) is 19.6. The molecule has 0 saturated carbocycles. The normalized spacial score (nSPS) is 11.6. The van der Waals surface area contributed by atoms with Crippen LogP contribution in [0.3, 0.4) is 0 Å². The Hall–Kier alpha value is -1.74. The zero-order valence-electron chi connectivity index (χ0n) is 10.1. The number of halogens is 5. The molecule has 1 rings (SSSR count). The zero-order chi connectivity index (χ0) is 15.7. The van der Waals surface area contributed by atoms with Gasteiger partial charge in [-0.1, -0.05) is 0 Å². The molecule has 0 aliphatic heterocycles. The van der Waals surface area contributed by atoms with Crippen LogP contribution in [0.15, 0.2) is 0 Å². The monoisotopic (exact) mass is 299 g/mol.